The first-order valence-corrected chi connectivity index (χ1v) is 10.9. The number of amides is 1. The van der Waals surface area contributed by atoms with Gasteiger partial charge in [-0.2, -0.15) is 0 Å². The Morgan fingerprint density at radius 1 is 1.26 bits per heavy atom. The quantitative estimate of drug-likeness (QED) is 0.744. The third-order valence-corrected chi connectivity index (χ3v) is 7.98. The summed E-state index contributed by atoms with van der Waals surface area (Å²) in [5.41, 5.74) is 4.35. The number of nitrogens with zero attached hydrogens (tertiary/aromatic N) is 2. The first-order chi connectivity index (χ1) is 12.9. The SMILES string of the molecule is C=C1N(C)c2cc(N(C)C)ccc2CC1([Se]c1ccccc1)C(=O)NCC. The van der Waals surface area contributed by atoms with Gasteiger partial charge in [0.25, 0.3) is 0 Å². The summed E-state index contributed by atoms with van der Waals surface area (Å²) in [4.78, 5) is 17.5. The summed E-state index contributed by atoms with van der Waals surface area (Å²) >= 11 is -0.0727. The van der Waals surface area contributed by atoms with Crippen molar-refractivity contribution in [2.75, 3.05) is 37.5 Å². The average molecular weight is 428 g/mol. The zero-order chi connectivity index (χ0) is 19.6. The predicted molar refractivity (Wildman–Crippen MR) is 115 cm³/mol. The number of nitrogens with one attached hydrogen (secondary N) is 1. The fourth-order valence-electron chi connectivity index (χ4n) is 3.42. The minimum absolute atomic E-state index is 0.0727. The van der Waals surface area contributed by atoms with Gasteiger partial charge in [0.15, 0.2) is 0 Å². The zero-order valence-corrected chi connectivity index (χ0v) is 18.2. The molecule has 142 valence electrons. The predicted octanol–water partition coefficient (Wildman–Crippen LogP) is 2.58. The van der Waals surface area contributed by atoms with E-state index in [2.05, 4.69) is 52.0 Å². The average Bonchev–Trinajstić information content (AvgIpc) is 2.66. The van der Waals surface area contributed by atoms with Crippen molar-refractivity contribution >= 4 is 36.7 Å². The number of carbonyl (C=O) groups is 1. The third-order valence-electron chi connectivity index (χ3n) is 5.00. The van der Waals surface area contributed by atoms with Gasteiger partial charge in [-0.05, 0) is 0 Å². The molecule has 2 aromatic carbocycles. The van der Waals surface area contributed by atoms with Gasteiger partial charge in [-0.3, -0.25) is 0 Å². The Balaban J connectivity index is 2.08. The molecule has 0 spiro atoms. The topological polar surface area (TPSA) is 35.6 Å². The molecule has 1 heterocycles. The molecule has 0 bridgehead atoms. The van der Waals surface area contributed by atoms with Crippen LogP contribution in [0.2, 0.25) is 4.31 Å². The van der Waals surface area contributed by atoms with Crippen molar-refractivity contribution in [1.29, 1.82) is 0 Å². The van der Waals surface area contributed by atoms with Crippen molar-refractivity contribution in [1.82, 2.24) is 5.32 Å². The molecule has 1 aliphatic rings. The molecule has 4 nitrogen and oxygen atoms in total. The normalized spacial score (nSPS) is 18.8. The summed E-state index contributed by atoms with van der Waals surface area (Å²) in [5, 5.41) is 3.07. The molecule has 1 amide bonds. The van der Waals surface area contributed by atoms with Gasteiger partial charge in [-0.15, -0.1) is 0 Å². The van der Waals surface area contributed by atoms with E-state index < -0.39 is 4.31 Å². The van der Waals surface area contributed by atoms with Gasteiger partial charge < -0.3 is 0 Å². The molecular formula is C22H27N3OSe. The van der Waals surface area contributed by atoms with Gasteiger partial charge in [0, 0.05) is 0 Å². The number of benzene rings is 2. The standard InChI is InChI=1S/C22H27N3OSe/c1-6-23-21(26)22(27-19-10-8-7-9-11-19)15-17-12-13-18(24(3)4)14-20(17)25(5)16(22)2/h7-14H,2,6,15H2,1,3-5H3,(H,23,26). The second-order valence-electron chi connectivity index (χ2n) is 6.99. The molecule has 0 aliphatic carbocycles. The van der Waals surface area contributed by atoms with Crippen LogP contribution >= 0.6 is 0 Å². The van der Waals surface area contributed by atoms with Crippen molar-refractivity contribution in [3.05, 3.63) is 66.4 Å². The molecule has 0 radical (unpaired) electrons. The number of fused-ring (bicyclic) bond motifs is 1. The first kappa shape index (κ1) is 19.5. The van der Waals surface area contributed by atoms with E-state index in [-0.39, 0.29) is 20.9 Å². The summed E-state index contributed by atoms with van der Waals surface area (Å²) in [6, 6.07) is 16.8. The van der Waals surface area contributed by atoms with E-state index in [1.165, 1.54) is 10.0 Å². The van der Waals surface area contributed by atoms with Crippen LogP contribution in [0, 0.1) is 0 Å². The van der Waals surface area contributed by atoms with Crippen LogP contribution in [0.1, 0.15) is 12.5 Å². The molecule has 1 aliphatic heterocycles. The van der Waals surface area contributed by atoms with Gasteiger partial charge in [0.05, 0.1) is 0 Å². The molecule has 0 aromatic heterocycles. The van der Waals surface area contributed by atoms with Crippen LogP contribution in [0.5, 0.6) is 0 Å². The summed E-state index contributed by atoms with van der Waals surface area (Å²) in [7, 11) is 6.10. The zero-order valence-electron chi connectivity index (χ0n) is 16.5. The first-order valence-electron chi connectivity index (χ1n) is 9.14. The van der Waals surface area contributed by atoms with Crippen molar-refractivity contribution in [2.24, 2.45) is 0 Å². The maximum atomic E-state index is 13.3. The van der Waals surface area contributed by atoms with E-state index >= 15 is 0 Å². The number of hydrogen-bond acceptors (Lipinski definition) is 3. The van der Waals surface area contributed by atoms with Crippen molar-refractivity contribution in [2.45, 2.75) is 17.7 Å². The summed E-state index contributed by atoms with van der Waals surface area (Å²) in [6.07, 6.45) is 0.680. The van der Waals surface area contributed by atoms with Crippen molar-refractivity contribution in [3.63, 3.8) is 0 Å². The third kappa shape index (κ3) is 3.62. The van der Waals surface area contributed by atoms with Gasteiger partial charge in [-0.1, -0.05) is 0 Å². The fraction of sp³-hybridized carbons (Fsp3) is 0.318. The fourth-order valence-corrected chi connectivity index (χ4v) is 6.24. The van der Waals surface area contributed by atoms with E-state index in [1.807, 2.05) is 46.3 Å². The molecule has 3 rings (SSSR count). The molecule has 1 atom stereocenters. The summed E-state index contributed by atoms with van der Waals surface area (Å²) in [5.74, 6) is 0.0769. The van der Waals surface area contributed by atoms with Crippen LogP contribution < -0.4 is 19.6 Å². The second kappa shape index (κ2) is 7.79. The van der Waals surface area contributed by atoms with Gasteiger partial charge >= 0.3 is 168 Å². The Morgan fingerprint density at radius 3 is 2.59 bits per heavy atom. The summed E-state index contributed by atoms with van der Waals surface area (Å²) < 4.78 is 0.588. The van der Waals surface area contributed by atoms with E-state index in [0.717, 1.165) is 17.1 Å². The van der Waals surface area contributed by atoms with Crippen molar-refractivity contribution < 1.29 is 4.79 Å². The minimum atomic E-state index is -0.619. The second-order valence-corrected chi connectivity index (χ2v) is 9.87. The van der Waals surface area contributed by atoms with Crippen LogP contribution in [-0.4, -0.2) is 48.6 Å². The van der Waals surface area contributed by atoms with E-state index in [0.29, 0.717) is 13.0 Å². The van der Waals surface area contributed by atoms with Gasteiger partial charge in [-0.25, -0.2) is 0 Å². The molecule has 5 heteroatoms. The van der Waals surface area contributed by atoms with E-state index in [4.69, 9.17) is 0 Å². The Hall–Kier alpha value is -2.23. The number of anilines is 2. The van der Waals surface area contributed by atoms with Crippen LogP contribution in [0.3, 0.4) is 0 Å². The van der Waals surface area contributed by atoms with Crippen LogP contribution in [0.4, 0.5) is 11.4 Å². The van der Waals surface area contributed by atoms with Gasteiger partial charge in [0.2, 0.25) is 0 Å². The molecule has 2 aromatic rings. The van der Waals surface area contributed by atoms with Crippen LogP contribution in [-0.2, 0) is 11.2 Å². The Bertz CT molecular complexity index is 850. The summed E-state index contributed by atoms with van der Waals surface area (Å²) in [6.45, 7) is 6.97. The molecule has 0 fully saturated rings. The molecule has 1 N–H and O–H groups in total. The molecule has 0 saturated heterocycles. The van der Waals surface area contributed by atoms with Crippen LogP contribution in [0.15, 0.2) is 60.8 Å². The maximum absolute atomic E-state index is 13.3. The van der Waals surface area contributed by atoms with Crippen molar-refractivity contribution in [3.8, 4) is 0 Å². The van der Waals surface area contributed by atoms with Crippen LogP contribution in [0.25, 0.3) is 0 Å². The monoisotopic (exact) mass is 429 g/mol. The molecule has 1 unspecified atom stereocenters. The van der Waals surface area contributed by atoms with E-state index in [1.54, 1.807) is 0 Å². The molecule has 0 saturated carbocycles. The Kier molecular flexibility index (Phi) is 5.64. The Morgan fingerprint density at radius 2 is 1.96 bits per heavy atom. The number of hydrogen-bond donors (Lipinski definition) is 1. The van der Waals surface area contributed by atoms with Gasteiger partial charge in [0.1, 0.15) is 0 Å². The number of rotatable bonds is 5. The van der Waals surface area contributed by atoms with E-state index in [9.17, 15) is 4.79 Å². The molecular weight excluding hydrogens is 401 g/mol. The Labute approximate surface area is 168 Å². The number of carbonyl (C=O) groups excluding carboxylic acids is 1. The molecule has 27 heavy (non-hydrogen) atoms.